The van der Waals surface area contributed by atoms with Crippen molar-refractivity contribution >= 4 is 9.84 Å². The highest BCUT2D eigenvalue weighted by Crippen LogP contribution is 2.28. The fourth-order valence-electron chi connectivity index (χ4n) is 2.14. The molecular formula is C10H11N3O4S. The molecule has 8 heteroatoms. The van der Waals surface area contributed by atoms with Crippen LogP contribution >= 0.6 is 0 Å². The molecule has 0 spiro atoms. The Morgan fingerprint density at radius 2 is 2.17 bits per heavy atom. The minimum Gasteiger partial charge on any atom is -0.292 e. The van der Waals surface area contributed by atoms with Gasteiger partial charge in [-0.25, -0.2) is 13.2 Å². The number of aromatic nitrogens is 2. The van der Waals surface area contributed by atoms with Gasteiger partial charge in [-0.1, -0.05) is 0 Å². The lowest BCUT2D eigenvalue weighted by Crippen LogP contribution is -2.43. The van der Waals surface area contributed by atoms with E-state index in [-0.39, 0.29) is 23.5 Å². The Labute approximate surface area is 103 Å². The molecule has 1 N–H and O–H groups in total. The van der Waals surface area contributed by atoms with E-state index >= 15 is 0 Å². The fraction of sp³-hybridized carbons (Fsp3) is 0.500. The Balaban J connectivity index is 2.64. The van der Waals surface area contributed by atoms with Crippen LogP contribution in [0.4, 0.5) is 0 Å². The third-order valence-electron chi connectivity index (χ3n) is 3.13. The number of nitrogens with zero attached hydrogens (tertiary/aromatic N) is 2. The van der Waals surface area contributed by atoms with Crippen LogP contribution in [0.2, 0.25) is 0 Å². The highest BCUT2D eigenvalue weighted by atomic mass is 32.2. The van der Waals surface area contributed by atoms with Crippen molar-refractivity contribution in [2.45, 2.75) is 18.9 Å². The van der Waals surface area contributed by atoms with Gasteiger partial charge in [0.05, 0.1) is 17.0 Å². The zero-order valence-electron chi connectivity index (χ0n) is 9.63. The van der Waals surface area contributed by atoms with Crippen molar-refractivity contribution in [1.29, 1.82) is 5.26 Å². The summed E-state index contributed by atoms with van der Waals surface area (Å²) >= 11 is 0. The molecule has 18 heavy (non-hydrogen) atoms. The third kappa shape index (κ3) is 1.97. The normalized spacial score (nSPS) is 25.8. The maximum absolute atomic E-state index is 11.7. The first kappa shape index (κ1) is 12.6. The highest BCUT2D eigenvalue weighted by molar-refractivity contribution is 7.91. The van der Waals surface area contributed by atoms with Gasteiger partial charge in [0.1, 0.15) is 11.6 Å². The van der Waals surface area contributed by atoms with Gasteiger partial charge < -0.3 is 0 Å². The van der Waals surface area contributed by atoms with Crippen LogP contribution in [0.5, 0.6) is 0 Å². The third-order valence-corrected chi connectivity index (χ3v) is 5.01. The van der Waals surface area contributed by atoms with Crippen LogP contribution in [-0.4, -0.2) is 29.5 Å². The van der Waals surface area contributed by atoms with Gasteiger partial charge in [-0.05, 0) is 13.3 Å². The lowest BCUT2D eigenvalue weighted by molar-refractivity contribution is 0.347. The molecule has 96 valence electrons. The van der Waals surface area contributed by atoms with Crippen LogP contribution in [0.3, 0.4) is 0 Å². The van der Waals surface area contributed by atoms with Gasteiger partial charge in [-0.15, -0.1) is 0 Å². The van der Waals surface area contributed by atoms with Gasteiger partial charge in [0.15, 0.2) is 9.84 Å². The lowest BCUT2D eigenvalue weighted by Gasteiger charge is -2.24. The van der Waals surface area contributed by atoms with Crippen LogP contribution in [0.25, 0.3) is 0 Å². The van der Waals surface area contributed by atoms with E-state index in [9.17, 15) is 18.0 Å². The standard InChI is InChI=1S/C10H11N3O4S/c1-10(2-3-18(16,17)6-10)13-5-7(4-11)8(14)12-9(13)15/h5H,2-3,6H2,1H3,(H,12,14,15). The van der Waals surface area contributed by atoms with Gasteiger partial charge in [0, 0.05) is 6.20 Å². The minimum absolute atomic E-state index is 0.00302. The number of rotatable bonds is 1. The lowest BCUT2D eigenvalue weighted by atomic mass is 10.0. The maximum atomic E-state index is 11.7. The Hall–Kier alpha value is -1.88. The largest absolute Gasteiger partial charge is 0.328 e. The van der Waals surface area contributed by atoms with Gasteiger partial charge in [0.2, 0.25) is 0 Å². The molecule has 1 unspecified atom stereocenters. The molecule has 1 aromatic heterocycles. The summed E-state index contributed by atoms with van der Waals surface area (Å²) in [5.74, 6) is -0.173. The van der Waals surface area contributed by atoms with Crippen molar-refractivity contribution in [3.05, 3.63) is 32.6 Å². The molecule has 2 rings (SSSR count). The summed E-state index contributed by atoms with van der Waals surface area (Å²) in [5, 5.41) is 8.76. The Kier molecular flexibility index (Phi) is 2.66. The summed E-state index contributed by atoms with van der Waals surface area (Å²) in [6.07, 6.45) is 1.41. The zero-order chi connectivity index (χ0) is 13.6. The monoisotopic (exact) mass is 269 g/mol. The molecule has 1 fully saturated rings. The molecule has 0 radical (unpaired) electrons. The van der Waals surface area contributed by atoms with Gasteiger partial charge in [-0.3, -0.25) is 14.3 Å². The molecule has 0 amide bonds. The quantitative estimate of drug-likeness (QED) is 0.698. The summed E-state index contributed by atoms with van der Waals surface area (Å²) in [6.45, 7) is 1.62. The Bertz CT molecular complexity index is 753. The Morgan fingerprint density at radius 3 is 2.67 bits per heavy atom. The van der Waals surface area contributed by atoms with Crippen molar-refractivity contribution in [2.24, 2.45) is 0 Å². The highest BCUT2D eigenvalue weighted by Gasteiger charge is 2.40. The van der Waals surface area contributed by atoms with Crippen LogP contribution in [0.1, 0.15) is 18.9 Å². The number of sulfone groups is 1. The van der Waals surface area contributed by atoms with E-state index in [0.29, 0.717) is 0 Å². The predicted molar refractivity (Wildman–Crippen MR) is 63.0 cm³/mol. The Morgan fingerprint density at radius 1 is 1.50 bits per heavy atom. The van der Waals surface area contributed by atoms with Crippen molar-refractivity contribution in [2.75, 3.05) is 11.5 Å². The number of hydrogen-bond acceptors (Lipinski definition) is 5. The van der Waals surface area contributed by atoms with E-state index in [4.69, 9.17) is 5.26 Å². The summed E-state index contributed by atoms with van der Waals surface area (Å²) in [7, 11) is -3.18. The molecule has 1 aliphatic rings. The van der Waals surface area contributed by atoms with E-state index in [1.165, 1.54) is 0 Å². The van der Waals surface area contributed by atoms with E-state index < -0.39 is 26.6 Å². The average Bonchev–Trinajstić information content (AvgIpc) is 2.54. The van der Waals surface area contributed by atoms with E-state index in [1.54, 1.807) is 13.0 Å². The van der Waals surface area contributed by atoms with E-state index in [0.717, 1.165) is 10.8 Å². The second-order valence-corrected chi connectivity index (χ2v) is 6.81. The summed E-state index contributed by atoms with van der Waals surface area (Å²) in [6, 6.07) is 1.67. The smallest absolute Gasteiger partial charge is 0.292 e. The number of H-pyrrole nitrogens is 1. The molecule has 1 atom stereocenters. The molecule has 2 heterocycles. The van der Waals surface area contributed by atoms with Gasteiger partial charge in [0.25, 0.3) is 5.56 Å². The van der Waals surface area contributed by atoms with Gasteiger partial charge >= 0.3 is 5.69 Å². The number of nitrogens with one attached hydrogen (secondary N) is 1. The minimum atomic E-state index is -3.18. The second kappa shape index (κ2) is 3.81. The number of hydrogen-bond donors (Lipinski definition) is 1. The number of aromatic amines is 1. The predicted octanol–water partition coefficient (Wildman–Crippen LogP) is -1.06. The molecule has 0 aromatic carbocycles. The fourth-order valence-corrected chi connectivity index (χ4v) is 4.26. The molecule has 1 aromatic rings. The number of nitriles is 1. The first-order chi connectivity index (χ1) is 8.27. The molecule has 1 saturated heterocycles. The van der Waals surface area contributed by atoms with Crippen molar-refractivity contribution < 1.29 is 8.42 Å². The van der Waals surface area contributed by atoms with Crippen LogP contribution < -0.4 is 11.2 Å². The van der Waals surface area contributed by atoms with E-state index in [1.807, 2.05) is 4.98 Å². The SMILES string of the molecule is CC1(n2cc(C#N)c(=O)[nH]c2=O)CCS(=O)(=O)C1. The van der Waals surface area contributed by atoms with Crippen LogP contribution in [0, 0.1) is 11.3 Å². The van der Waals surface area contributed by atoms with Gasteiger partial charge in [-0.2, -0.15) is 5.26 Å². The zero-order valence-corrected chi connectivity index (χ0v) is 10.5. The van der Waals surface area contributed by atoms with Crippen molar-refractivity contribution in [3.63, 3.8) is 0 Å². The summed E-state index contributed by atoms with van der Waals surface area (Å²) in [4.78, 5) is 25.0. The van der Waals surface area contributed by atoms with Crippen LogP contribution in [-0.2, 0) is 15.4 Å². The molecule has 0 bridgehead atoms. The summed E-state index contributed by atoms with van der Waals surface area (Å²) < 4.78 is 24.1. The first-order valence-electron chi connectivity index (χ1n) is 5.24. The van der Waals surface area contributed by atoms with Crippen LogP contribution in [0.15, 0.2) is 15.8 Å². The molecular weight excluding hydrogens is 258 g/mol. The maximum Gasteiger partial charge on any atom is 0.328 e. The van der Waals surface area contributed by atoms with E-state index in [2.05, 4.69) is 0 Å². The molecule has 0 aliphatic carbocycles. The van der Waals surface area contributed by atoms with Crippen molar-refractivity contribution in [3.8, 4) is 6.07 Å². The average molecular weight is 269 g/mol. The van der Waals surface area contributed by atoms with Crippen molar-refractivity contribution in [1.82, 2.24) is 9.55 Å². The molecule has 0 saturated carbocycles. The topological polar surface area (TPSA) is 113 Å². The first-order valence-corrected chi connectivity index (χ1v) is 7.07. The molecule has 7 nitrogen and oxygen atoms in total. The summed E-state index contributed by atoms with van der Waals surface area (Å²) in [5.41, 5.74) is -2.58. The molecule has 1 aliphatic heterocycles. The second-order valence-electron chi connectivity index (χ2n) is 4.62.